The minimum absolute atomic E-state index is 0.0361. The number of carbonyl (C=O) groups is 1. The zero-order valence-corrected chi connectivity index (χ0v) is 19.4. The lowest BCUT2D eigenvalue weighted by Crippen LogP contribution is -2.44. The van der Waals surface area contributed by atoms with Crippen molar-refractivity contribution in [2.75, 3.05) is 44.8 Å². The highest BCUT2D eigenvalue weighted by molar-refractivity contribution is 5.99. The standard InChI is InChI=1S/C27H36N2O3/c1-21-18-22(2)20-29(19-21)14-17-32-25-10-8-24(9-11-25)28-26(30)27(12-15-31-16-13-27)23-6-4-3-5-7-23/h3-11,21-22H,12-20H2,1-2H3,(H,28,30)/t21-,22-/m0/s1. The van der Waals surface area contributed by atoms with Crippen LogP contribution in [-0.2, 0) is 14.9 Å². The van der Waals surface area contributed by atoms with E-state index in [9.17, 15) is 4.79 Å². The van der Waals surface area contributed by atoms with Crippen molar-refractivity contribution in [2.24, 2.45) is 11.8 Å². The van der Waals surface area contributed by atoms with Gasteiger partial charge in [-0.25, -0.2) is 0 Å². The number of hydrogen-bond donors (Lipinski definition) is 1. The zero-order valence-electron chi connectivity index (χ0n) is 19.4. The van der Waals surface area contributed by atoms with E-state index in [0.29, 0.717) is 32.7 Å². The molecule has 2 aliphatic heterocycles. The summed E-state index contributed by atoms with van der Waals surface area (Å²) in [4.78, 5) is 15.9. The number of likely N-dealkylation sites (tertiary alicyclic amines) is 1. The normalized spacial score (nSPS) is 23.4. The number of rotatable bonds is 7. The number of nitrogens with one attached hydrogen (secondary N) is 1. The molecular weight excluding hydrogens is 400 g/mol. The first kappa shape index (κ1) is 22.8. The fourth-order valence-electron chi connectivity index (χ4n) is 5.28. The van der Waals surface area contributed by atoms with Gasteiger partial charge in [0.05, 0.1) is 5.41 Å². The monoisotopic (exact) mass is 436 g/mol. The number of hydrogen-bond acceptors (Lipinski definition) is 4. The molecule has 32 heavy (non-hydrogen) atoms. The van der Waals surface area contributed by atoms with Gasteiger partial charge in [0.1, 0.15) is 12.4 Å². The molecule has 0 unspecified atom stereocenters. The highest BCUT2D eigenvalue weighted by Gasteiger charge is 2.41. The molecule has 2 saturated heterocycles. The molecule has 2 atom stereocenters. The fraction of sp³-hybridized carbons (Fsp3) is 0.519. The van der Waals surface area contributed by atoms with Gasteiger partial charge < -0.3 is 14.8 Å². The Morgan fingerprint density at radius 3 is 2.34 bits per heavy atom. The topological polar surface area (TPSA) is 50.8 Å². The van der Waals surface area contributed by atoms with E-state index < -0.39 is 5.41 Å². The molecule has 0 radical (unpaired) electrons. The van der Waals surface area contributed by atoms with Gasteiger partial charge in [0.25, 0.3) is 0 Å². The summed E-state index contributed by atoms with van der Waals surface area (Å²) in [5.41, 5.74) is 1.31. The first-order valence-corrected chi connectivity index (χ1v) is 11.9. The third-order valence-electron chi connectivity index (χ3n) is 6.84. The molecule has 2 aromatic carbocycles. The van der Waals surface area contributed by atoms with Gasteiger partial charge in [0.2, 0.25) is 5.91 Å². The molecule has 0 bridgehead atoms. The van der Waals surface area contributed by atoms with Crippen molar-refractivity contribution in [1.29, 1.82) is 0 Å². The van der Waals surface area contributed by atoms with E-state index >= 15 is 0 Å². The van der Waals surface area contributed by atoms with Crippen molar-refractivity contribution in [1.82, 2.24) is 4.90 Å². The Morgan fingerprint density at radius 1 is 1.03 bits per heavy atom. The maximum Gasteiger partial charge on any atom is 0.235 e. The first-order chi connectivity index (χ1) is 15.5. The molecule has 5 nitrogen and oxygen atoms in total. The summed E-state index contributed by atoms with van der Waals surface area (Å²) < 4.78 is 11.5. The van der Waals surface area contributed by atoms with Gasteiger partial charge in [-0.05, 0) is 60.9 Å². The smallest absolute Gasteiger partial charge is 0.235 e. The summed E-state index contributed by atoms with van der Waals surface area (Å²) in [7, 11) is 0. The van der Waals surface area contributed by atoms with E-state index in [1.54, 1.807) is 0 Å². The van der Waals surface area contributed by atoms with Crippen LogP contribution in [0.2, 0.25) is 0 Å². The van der Waals surface area contributed by atoms with Crippen LogP contribution in [0.3, 0.4) is 0 Å². The molecule has 2 fully saturated rings. The summed E-state index contributed by atoms with van der Waals surface area (Å²) >= 11 is 0. The number of ether oxygens (including phenoxy) is 2. The van der Waals surface area contributed by atoms with Crippen LogP contribution in [0.1, 0.15) is 38.7 Å². The molecule has 4 rings (SSSR count). The molecule has 172 valence electrons. The Hall–Kier alpha value is -2.37. The Kier molecular flexibility index (Phi) is 7.48. The molecule has 0 aromatic heterocycles. The van der Waals surface area contributed by atoms with Crippen molar-refractivity contribution in [2.45, 2.75) is 38.5 Å². The second-order valence-electron chi connectivity index (χ2n) is 9.59. The molecular formula is C27H36N2O3. The Labute approximate surface area is 192 Å². The van der Waals surface area contributed by atoms with Gasteiger partial charge in [-0.2, -0.15) is 0 Å². The van der Waals surface area contributed by atoms with Gasteiger partial charge in [0, 0.05) is 38.5 Å². The van der Waals surface area contributed by atoms with Crippen LogP contribution in [0.5, 0.6) is 5.75 Å². The van der Waals surface area contributed by atoms with E-state index in [2.05, 4.69) is 24.1 Å². The highest BCUT2D eigenvalue weighted by Crippen LogP contribution is 2.36. The summed E-state index contributed by atoms with van der Waals surface area (Å²) in [6, 6.07) is 17.8. The minimum Gasteiger partial charge on any atom is -0.492 e. The summed E-state index contributed by atoms with van der Waals surface area (Å²) in [6.07, 6.45) is 2.71. The molecule has 2 aliphatic rings. The summed E-state index contributed by atoms with van der Waals surface area (Å²) in [6.45, 7) is 9.82. The molecule has 0 aliphatic carbocycles. The SMILES string of the molecule is C[C@H]1C[C@H](C)CN(CCOc2ccc(NC(=O)C3(c4ccccc4)CCOCC3)cc2)C1. The lowest BCUT2D eigenvalue weighted by Gasteiger charge is -2.36. The van der Waals surface area contributed by atoms with Gasteiger partial charge in [0.15, 0.2) is 0 Å². The molecule has 0 saturated carbocycles. The third kappa shape index (κ3) is 5.51. The molecule has 0 spiro atoms. The second-order valence-corrected chi connectivity index (χ2v) is 9.59. The van der Waals surface area contributed by atoms with Crippen molar-refractivity contribution in [3.8, 4) is 5.75 Å². The largest absolute Gasteiger partial charge is 0.492 e. The predicted octanol–water partition coefficient (Wildman–Crippen LogP) is 4.73. The average Bonchev–Trinajstić information content (AvgIpc) is 2.80. The van der Waals surface area contributed by atoms with Gasteiger partial charge in [-0.1, -0.05) is 44.2 Å². The van der Waals surface area contributed by atoms with E-state index in [1.165, 1.54) is 6.42 Å². The second kappa shape index (κ2) is 10.5. The quantitative estimate of drug-likeness (QED) is 0.682. The van der Waals surface area contributed by atoms with E-state index in [0.717, 1.165) is 48.5 Å². The zero-order chi connectivity index (χ0) is 22.4. The number of amides is 1. The lowest BCUT2D eigenvalue weighted by atomic mass is 9.73. The van der Waals surface area contributed by atoms with E-state index in [-0.39, 0.29) is 5.91 Å². The molecule has 1 N–H and O–H groups in total. The van der Waals surface area contributed by atoms with Crippen LogP contribution in [-0.4, -0.2) is 50.3 Å². The molecule has 1 amide bonds. The fourth-order valence-corrected chi connectivity index (χ4v) is 5.28. The Bertz CT molecular complexity index is 852. The highest BCUT2D eigenvalue weighted by atomic mass is 16.5. The molecule has 2 aromatic rings. The van der Waals surface area contributed by atoms with Crippen molar-refractivity contribution < 1.29 is 14.3 Å². The number of benzene rings is 2. The van der Waals surface area contributed by atoms with Crippen LogP contribution in [0.25, 0.3) is 0 Å². The average molecular weight is 437 g/mol. The van der Waals surface area contributed by atoms with E-state index in [1.807, 2.05) is 54.6 Å². The first-order valence-electron chi connectivity index (χ1n) is 11.9. The Morgan fingerprint density at radius 2 is 1.69 bits per heavy atom. The number of piperidine rings is 1. The number of nitrogens with zero attached hydrogens (tertiary/aromatic N) is 1. The predicted molar refractivity (Wildman–Crippen MR) is 128 cm³/mol. The van der Waals surface area contributed by atoms with Crippen LogP contribution < -0.4 is 10.1 Å². The number of anilines is 1. The maximum absolute atomic E-state index is 13.4. The molecule has 2 heterocycles. The van der Waals surface area contributed by atoms with Crippen molar-refractivity contribution >= 4 is 11.6 Å². The summed E-state index contributed by atoms with van der Waals surface area (Å²) in [5.74, 6) is 2.40. The number of carbonyl (C=O) groups excluding carboxylic acids is 1. The van der Waals surface area contributed by atoms with E-state index in [4.69, 9.17) is 9.47 Å². The lowest BCUT2D eigenvalue weighted by molar-refractivity contribution is -0.125. The van der Waals surface area contributed by atoms with Gasteiger partial charge in [-0.3, -0.25) is 9.69 Å². The maximum atomic E-state index is 13.4. The Balaban J connectivity index is 1.33. The van der Waals surface area contributed by atoms with Crippen LogP contribution in [0, 0.1) is 11.8 Å². The van der Waals surface area contributed by atoms with Crippen LogP contribution in [0.15, 0.2) is 54.6 Å². The van der Waals surface area contributed by atoms with Gasteiger partial charge in [-0.15, -0.1) is 0 Å². The summed E-state index contributed by atoms with van der Waals surface area (Å²) in [5, 5.41) is 3.14. The van der Waals surface area contributed by atoms with Crippen molar-refractivity contribution in [3.05, 3.63) is 60.2 Å². The van der Waals surface area contributed by atoms with Gasteiger partial charge >= 0.3 is 0 Å². The van der Waals surface area contributed by atoms with Crippen molar-refractivity contribution in [3.63, 3.8) is 0 Å². The minimum atomic E-state index is -0.544. The van der Waals surface area contributed by atoms with Crippen LogP contribution >= 0.6 is 0 Å². The third-order valence-corrected chi connectivity index (χ3v) is 6.84. The van der Waals surface area contributed by atoms with Crippen LogP contribution in [0.4, 0.5) is 5.69 Å². The molecule has 5 heteroatoms.